The van der Waals surface area contributed by atoms with Crippen molar-refractivity contribution < 1.29 is 44.6 Å². The third-order valence-electron chi connectivity index (χ3n) is 2.26. The smallest absolute Gasteiger partial charge is 0.550 e. The molecule has 17 heavy (non-hydrogen) atoms. The standard InChI is InChI=1S/C11H24N2O3.Na/c1-2-3-4-10(14)9-13-8-7-12-6-5-11(15)16;/h10,12-14H,2-9H2,1H3,(H,15,16);/q;+1/p-1. The second-order valence-corrected chi connectivity index (χ2v) is 3.87. The Morgan fingerprint density at radius 2 is 1.94 bits per heavy atom. The van der Waals surface area contributed by atoms with Gasteiger partial charge in [-0.15, -0.1) is 0 Å². The molecule has 0 heterocycles. The predicted octanol–water partition coefficient (Wildman–Crippen LogP) is -4.14. The predicted molar refractivity (Wildman–Crippen MR) is 60.9 cm³/mol. The van der Waals surface area contributed by atoms with Crippen molar-refractivity contribution in [3.05, 3.63) is 0 Å². The summed E-state index contributed by atoms with van der Waals surface area (Å²) in [6.45, 7) is 4.57. The Labute approximate surface area is 126 Å². The number of nitrogens with one attached hydrogen (secondary N) is 2. The molecule has 0 aliphatic carbocycles. The molecule has 6 heteroatoms. The van der Waals surface area contributed by atoms with E-state index in [0.29, 0.717) is 19.6 Å². The molecule has 0 amide bonds. The molecule has 3 N–H and O–H groups in total. The van der Waals surface area contributed by atoms with Gasteiger partial charge in [-0.05, 0) is 12.8 Å². The van der Waals surface area contributed by atoms with E-state index in [1.807, 2.05) is 0 Å². The van der Waals surface area contributed by atoms with E-state index in [1.165, 1.54) is 0 Å². The fourth-order valence-electron chi connectivity index (χ4n) is 1.30. The van der Waals surface area contributed by atoms with E-state index in [2.05, 4.69) is 17.6 Å². The van der Waals surface area contributed by atoms with Crippen LogP contribution in [0, 0.1) is 0 Å². The molecule has 0 spiro atoms. The van der Waals surface area contributed by atoms with Crippen molar-refractivity contribution in [2.75, 3.05) is 26.2 Å². The number of carbonyl (C=O) groups excluding carboxylic acids is 1. The Hall–Kier alpha value is 0.350. The summed E-state index contributed by atoms with van der Waals surface area (Å²) < 4.78 is 0. The first-order valence-electron chi connectivity index (χ1n) is 5.96. The van der Waals surface area contributed by atoms with Crippen molar-refractivity contribution in [3.63, 3.8) is 0 Å². The van der Waals surface area contributed by atoms with Crippen molar-refractivity contribution in [1.82, 2.24) is 10.6 Å². The third-order valence-corrected chi connectivity index (χ3v) is 2.26. The van der Waals surface area contributed by atoms with Gasteiger partial charge in [0.15, 0.2) is 0 Å². The van der Waals surface area contributed by atoms with Crippen LogP contribution in [0.15, 0.2) is 0 Å². The Morgan fingerprint density at radius 1 is 1.29 bits per heavy atom. The SMILES string of the molecule is CCCCC(O)CNCCNCCC(=O)[O-].[Na+]. The van der Waals surface area contributed by atoms with Gasteiger partial charge in [0, 0.05) is 32.1 Å². The van der Waals surface area contributed by atoms with Crippen LogP contribution in [0.5, 0.6) is 0 Å². The first kappa shape index (κ1) is 19.7. The van der Waals surface area contributed by atoms with Crippen molar-refractivity contribution in [1.29, 1.82) is 0 Å². The monoisotopic (exact) mass is 254 g/mol. The summed E-state index contributed by atoms with van der Waals surface area (Å²) in [5, 5.41) is 25.6. The number of hydrogen-bond donors (Lipinski definition) is 3. The molecule has 0 radical (unpaired) electrons. The molecule has 0 aromatic heterocycles. The van der Waals surface area contributed by atoms with Crippen molar-refractivity contribution in [2.24, 2.45) is 0 Å². The van der Waals surface area contributed by atoms with Gasteiger partial charge >= 0.3 is 29.6 Å². The Morgan fingerprint density at radius 3 is 2.53 bits per heavy atom. The van der Waals surface area contributed by atoms with E-state index in [9.17, 15) is 15.0 Å². The van der Waals surface area contributed by atoms with E-state index in [1.54, 1.807) is 0 Å². The van der Waals surface area contributed by atoms with Crippen LogP contribution in [0.3, 0.4) is 0 Å². The number of aliphatic hydroxyl groups is 1. The second-order valence-electron chi connectivity index (χ2n) is 3.87. The molecule has 0 saturated heterocycles. The number of rotatable bonds is 11. The van der Waals surface area contributed by atoms with Gasteiger partial charge in [0.25, 0.3) is 0 Å². The first-order valence-corrected chi connectivity index (χ1v) is 5.96. The van der Waals surface area contributed by atoms with E-state index < -0.39 is 5.97 Å². The minimum absolute atomic E-state index is 0. The Kier molecular flexibility index (Phi) is 16.7. The number of unbranched alkanes of at least 4 members (excludes halogenated alkanes) is 1. The maximum Gasteiger partial charge on any atom is 1.00 e. The van der Waals surface area contributed by atoms with Gasteiger partial charge in [0.2, 0.25) is 0 Å². The van der Waals surface area contributed by atoms with Gasteiger partial charge in [-0.2, -0.15) is 0 Å². The quantitative estimate of drug-likeness (QED) is 0.258. The summed E-state index contributed by atoms with van der Waals surface area (Å²) in [7, 11) is 0. The number of carboxylic acids is 1. The molecule has 0 aliphatic heterocycles. The van der Waals surface area contributed by atoms with Crippen molar-refractivity contribution >= 4 is 5.97 Å². The summed E-state index contributed by atoms with van der Waals surface area (Å²) in [6, 6.07) is 0. The number of aliphatic carboxylic acids is 1. The summed E-state index contributed by atoms with van der Waals surface area (Å²) in [6.07, 6.45) is 2.75. The van der Waals surface area contributed by atoms with Crippen molar-refractivity contribution in [3.8, 4) is 0 Å². The zero-order valence-corrected chi connectivity index (χ0v) is 13.0. The number of hydrogen-bond acceptors (Lipinski definition) is 5. The average molecular weight is 254 g/mol. The normalized spacial score (nSPS) is 11.9. The van der Waals surface area contributed by atoms with Crippen LogP contribution in [-0.4, -0.2) is 43.4 Å². The molecule has 0 aliphatic rings. The maximum atomic E-state index is 10.1. The second kappa shape index (κ2) is 14.4. The molecular formula is C11H23N2NaO3. The van der Waals surface area contributed by atoms with Crippen LogP contribution in [-0.2, 0) is 4.79 Å². The van der Waals surface area contributed by atoms with Gasteiger partial charge in [-0.1, -0.05) is 19.8 Å². The fourth-order valence-corrected chi connectivity index (χ4v) is 1.30. The van der Waals surface area contributed by atoms with E-state index in [0.717, 1.165) is 25.8 Å². The minimum Gasteiger partial charge on any atom is -0.550 e. The van der Waals surface area contributed by atoms with Crippen LogP contribution < -0.4 is 45.3 Å². The summed E-state index contributed by atoms with van der Waals surface area (Å²) >= 11 is 0. The summed E-state index contributed by atoms with van der Waals surface area (Å²) in [4.78, 5) is 10.1. The van der Waals surface area contributed by atoms with Gasteiger partial charge < -0.3 is 25.6 Å². The molecule has 1 atom stereocenters. The number of carboxylic acid groups (broad SMARTS) is 1. The van der Waals surface area contributed by atoms with Crippen LogP contribution in [0.1, 0.15) is 32.6 Å². The molecule has 96 valence electrons. The third kappa shape index (κ3) is 16.4. The zero-order valence-electron chi connectivity index (χ0n) is 11.0. The molecule has 0 bridgehead atoms. The zero-order chi connectivity index (χ0) is 12.2. The molecule has 0 rings (SSSR count). The van der Waals surface area contributed by atoms with E-state index in [4.69, 9.17) is 0 Å². The fraction of sp³-hybridized carbons (Fsp3) is 0.909. The Balaban J connectivity index is 0. The van der Waals surface area contributed by atoms with Crippen LogP contribution in [0.2, 0.25) is 0 Å². The van der Waals surface area contributed by atoms with E-state index in [-0.39, 0.29) is 42.1 Å². The molecule has 1 unspecified atom stereocenters. The molecule has 5 nitrogen and oxygen atoms in total. The van der Waals surface area contributed by atoms with Gasteiger partial charge in [0.1, 0.15) is 0 Å². The van der Waals surface area contributed by atoms with Gasteiger partial charge in [0.05, 0.1) is 6.10 Å². The topological polar surface area (TPSA) is 84.4 Å². The van der Waals surface area contributed by atoms with Crippen LogP contribution in [0.4, 0.5) is 0 Å². The first-order chi connectivity index (χ1) is 7.66. The van der Waals surface area contributed by atoms with Crippen LogP contribution >= 0.6 is 0 Å². The minimum atomic E-state index is -1.03. The largest absolute Gasteiger partial charge is 1.00 e. The van der Waals surface area contributed by atoms with E-state index >= 15 is 0 Å². The molecular weight excluding hydrogens is 231 g/mol. The average Bonchev–Trinajstić information content (AvgIpc) is 2.24. The maximum absolute atomic E-state index is 10.1. The number of aliphatic hydroxyl groups excluding tert-OH is 1. The number of carbonyl (C=O) groups is 1. The van der Waals surface area contributed by atoms with Gasteiger partial charge in [-0.3, -0.25) is 0 Å². The van der Waals surface area contributed by atoms with Gasteiger partial charge in [-0.25, -0.2) is 0 Å². The van der Waals surface area contributed by atoms with Crippen molar-refractivity contribution in [2.45, 2.75) is 38.7 Å². The summed E-state index contributed by atoms with van der Waals surface area (Å²) in [5.41, 5.74) is 0. The molecule has 0 aromatic rings. The molecule has 0 saturated carbocycles. The molecule has 0 fully saturated rings. The molecule has 0 aromatic carbocycles. The van der Waals surface area contributed by atoms with Crippen LogP contribution in [0.25, 0.3) is 0 Å². The Bertz CT molecular complexity index is 182. The summed E-state index contributed by atoms with van der Waals surface area (Å²) in [5.74, 6) is -1.03.